The molecule has 0 aliphatic rings. The fourth-order valence-corrected chi connectivity index (χ4v) is 4.76. The van der Waals surface area contributed by atoms with E-state index in [1.807, 2.05) is 42.6 Å². The number of hydrogen-bond acceptors (Lipinski definition) is 8. The highest BCUT2D eigenvalue weighted by molar-refractivity contribution is 7.17. The summed E-state index contributed by atoms with van der Waals surface area (Å²) in [5.74, 6) is 2.29. The second kappa shape index (κ2) is 10.8. The largest absolute Gasteiger partial charge is 0.497 e. The average molecular weight is 498 g/mol. The van der Waals surface area contributed by atoms with Gasteiger partial charge in [0.2, 0.25) is 5.89 Å². The van der Waals surface area contributed by atoms with E-state index in [2.05, 4.69) is 4.98 Å². The minimum atomic E-state index is -0.979. The van der Waals surface area contributed by atoms with Crippen LogP contribution in [-0.2, 0) is 22.4 Å². The third kappa shape index (κ3) is 5.41. The van der Waals surface area contributed by atoms with Crippen LogP contribution in [0.15, 0.2) is 46.2 Å². The molecule has 2 heterocycles. The molecule has 0 saturated carbocycles. The third-order valence-corrected chi connectivity index (χ3v) is 6.70. The molecule has 2 aromatic heterocycles. The quantitative estimate of drug-likeness (QED) is 0.304. The molecule has 0 amide bonds. The number of methoxy groups -OCH3 is 3. The van der Waals surface area contributed by atoms with E-state index in [0.717, 1.165) is 38.4 Å². The van der Waals surface area contributed by atoms with E-state index in [-0.39, 0.29) is 0 Å². The molecule has 2 aromatic carbocycles. The van der Waals surface area contributed by atoms with Crippen molar-refractivity contribution in [3.05, 3.63) is 58.8 Å². The first-order valence-corrected chi connectivity index (χ1v) is 11.9. The number of hydrogen-bond donors (Lipinski definition) is 1. The highest BCUT2D eigenvalue weighted by Crippen LogP contribution is 2.34. The summed E-state index contributed by atoms with van der Waals surface area (Å²) < 4.78 is 28.8. The fraction of sp³-hybridized carbons (Fsp3) is 0.308. The van der Waals surface area contributed by atoms with Crippen molar-refractivity contribution in [1.29, 1.82) is 0 Å². The van der Waals surface area contributed by atoms with Crippen molar-refractivity contribution in [2.24, 2.45) is 0 Å². The Morgan fingerprint density at radius 3 is 2.51 bits per heavy atom. The lowest BCUT2D eigenvalue weighted by atomic mass is 10.1. The van der Waals surface area contributed by atoms with E-state index in [1.165, 1.54) is 7.11 Å². The SMILES string of the molecule is COc1cc(OC)cc(-c2nc(CCOc3ccc(CC(OC)C(=O)O)c4sccc34)c(C)o2)c1. The summed E-state index contributed by atoms with van der Waals surface area (Å²) in [5, 5.41) is 12.2. The molecule has 0 bridgehead atoms. The Hall–Kier alpha value is -3.56. The van der Waals surface area contributed by atoms with Gasteiger partial charge in [0, 0.05) is 41.7 Å². The lowest BCUT2D eigenvalue weighted by Crippen LogP contribution is -2.24. The van der Waals surface area contributed by atoms with Crippen molar-refractivity contribution in [1.82, 2.24) is 4.98 Å². The summed E-state index contributed by atoms with van der Waals surface area (Å²) in [6.07, 6.45) is -0.0332. The molecule has 4 aromatic rings. The highest BCUT2D eigenvalue weighted by Gasteiger charge is 2.20. The Labute approximate surface area is 207 Å². The average Bonchev–Trinajstić information content (AvgIpc) is 3.50. The Bertz CT molecular complexity index is 1300. The van der Waals surface area contributed by atoms with Gasteiger partial charge in [0.1, 0.15) is 23.0 Å². The molecule has 9 heteroatoms. The van der Waals surface area contributed by atoms with Crippen LogP contribution in [0.1, 0.15) is 17.0 Å². The van der Waals surface area contributed by atoms with E-state index in [4.69, 9.17) is 23.4 Å². The second-order valence-corrected chi connectivity index (χ2v) is 8.79. The van der Waals surface area contributed by atoms with E-state index in [1.54, 1.807) is 31.6 Å². The number of aromatic nitrogens is 1. The number of carbonyl (C=O) groups is 1. The lowest BCUT2D eigenvalue weighted by molar-refractivity contribution is -0.148. The Morgan fingerprint density at radius 2 is 1.86 bits per heavy atom. The number of aryl methyl sites for hydroxylation is 1. The van der Waals surface area contributed by atoms with Gasteiger partial charge in [0.25, 0.3) is 0 Å². The molecule has 1 N–H and O–H groups in total. The van der Waals surface area contributed by atoms with Crippen molar-refractivity contribution in [3.8, 4) is 28.7 Å². The number of fused-ring (bicyclic) bond motifs is 1. The molecule has 184 valence electrons. The fourth-order valence-electron chi connectivity index (χ4n) is 3.82. The zero-order chi connectivity index (χ0) is 24.9. The normalized spacial score (nSPS) is 12.0. The molecular weight excluding hydrogens is 470 g/mol. The maximum atomic E-state index is 11.4. The van der Waals surface area contributed by atoms with E-state index in [9.17, 15) is 9.90 Å². The molecule has 0 radical (unpaired) electrons. The van der Waals surface area contributed by atoms with Gasteiger partial charge in [-0.25, -0.2) is 9.78 Å². The van der Waals surface area contributed by atoms with Crippen LogP contribution in [0.3, 0.4) is 0 Å². The number of ether oxygens (including phenoxy) is 4. The molecule has 1 unspecified atom stereocenters. The molecule has 0 saturated heterocycles. The smallest absolute Gasteiger partial charge is 0.333 e. The molecule has 0 aliphatic carbocycles. The predicted molar refractivity (Wildman–Crippen MR) is 133 cm³/mol. The summed E-state index contributed by atoms with van der Waals surface area (Å²) in [7, 11) is 4.60. The standard InChI is InChI=1S/C26H27NO7S/c1-15-21(27-25(34-15)17-11-18(30-2)14-19(12-17)31-3)7-9-33-22-6-5-16(13-23(32-4)26(28)29)24-20(22)8-10-35-24/h5-6,8,10-12,14,23H,7,9,13H2,1-4H3,(H,28,29). The number of rotatable bonds is 11. The first kappa shape index (κ1) is 24.6. The van der Waals surface area contributed by atoms with Gasteiger partial charge >= 0.3 is 5.97 Å². The Balaban J connectivity index is 1.47. The number of oxazole rings is 1. The topological polar surface area (TPSA) is 100 Å². The molecule has 0 aliphatic heterocycles. The minimum Gasteiger partial charge on any atom is -0.497 e. The first-order chi connectivity index (χ1) is 16.9. The number of aliphatic carboxylic acids is 1. The zero-order valence-electron chi connectivity index (χ0n) is 20.0. The van der Waals surface area contributed by atoms with Gasteiger partial charge < -0.3 is 28.5 Å². The van der Waals surface area contributed by atoms with Gasteiger partial charge in [-0.3, -0.25) is 0 Å². The van der Waals surface area contributed by atoms with E-state index < -0.39 is 12.1 Å². The van der Waals surface area contributed by atoms with Crippen LogP contribution in [0.25, 0.3) is 21.5 Å². The van der Waals surface area contributed by atoms with Gasteiger partial charge in [-0.1, -0.05) is 6.07 Å². The molecule has 1 atom stereocenters. The Morgan fingerprint density at radius 1 is 1.11 bits per heavy atom. The highest BCUT2D eigenvalue weighted by atomic mass is 32.1. The van der Waals surface area contributed by atoms with Crippen LogP contribution in [0, 0.1) is 6.92 Å². The van der Waals surface area contributed by atoms with Crippen LogP contribution in [0.2, 0.25) is 0 Å². The van der Waals surface area contributed by atoms with Crippen LogP contribution in [-0.4, -0.2) is 50.1 Å². The number of nitrogens with zero attached hydrogens (tertiary/aromatic N) is 1. The summed E-state index contributed by atoms with van der Waals surface area (Å²) in [5.41, 5.74) is 2.49. The Kier molecular flexibility index (Phi) is 7.57. The minimum absolute atomic E-state index is 0.291. The van der Waals surface area contributed by atoms with Crippen molar-refractivity contribution in [3.63, 3.8) is 0 Å². The summed E-state index contributed by atoms with van der Waals surface area (Å²) >= 11 is 1.56. The molecule has 8 nitrogen and oxygen atoms in total. The lowest BCUT2D eigenvalue weighted by Gasteiger charge is -2.13. The molecular formula is C26H27NO7S. The van der Waals surface area contributed by atoms with Crippen molar-refractivity contribution >= 4 is 27.4 Å². The summed E-state index contributed by atoms with van der Waals surface area (Å²) in [6.45, 7) is 2.29. The van der Waals surface area contributed by atoms with Gasteiger partial charge in [-0.2, -0.15) is 0 Å². The maximum Gasteiger partial charge on any atom is 0.333 e. The number of benzene rings is 2. The van der Waals surface area contributed by atoms with Gasteiger partial charge in [0.15, 0.2) is 6.10 Å². The monoisotopic (exact) mass is 497 g/mol. The zero-order valence-corrected chi connectivity index (χ0v) is 20.8. The van der Waals surface area contributed by atoms with E-state index >= 15 is 0 Å². The van der Waals surface area contributed by atoms with Gasteiger partial charge in [0.05, 0.1) is 26.5 Å². The molecule has 0 spiro atoms. The summed E-state index contributed by atoms with van der Waals surface area (Å²) in [4.78, 5) is 16.0. The van der Waals surface area contributed by atoms with Crippen LogP contribution in [0.5, 0.6) is 17.2 Å². The van der Waals surface area contributed by atoms with E-state index in [0.29, 0.717) is 36.8 Å². The summed E-state index contributed by atoms with van der Waals surface area (Å²) in [6, 6.07) is 11.3. The van der Waals surface area contributed by atoms with Crippen molar-refractivity contribution < 1.29 is 33.3 Å². The van der Waals surface area contributed by atoms with Crippen molar-refractivity contribution in [2.45, 2.75) is 25.9 Å². The van der Waals surface area contributed by atoms with Crippen LogP contribution < -0.4 is 14.2 Å². The maximum absolute atomic E-state index is 11.4. The predicted octanol–water partition coefficient (Wildman–Crippen LogP) is 5.15. The van der Waals surface area contributed by atoms with Crippen LogP contribution >= 0.6 is 11.3 Å². The molecule has 4 rings (SSSR count). The second-order valence-electron chi connectivity index (χ2n) is 7.87. The number of carboxylic acid groups (broad SMARTS) is 1. The third-order valence-electron chi connectivity index (χ3n) is 5.71. The number of carboxylic acids is 1. The van der Waals surface area contributed by atoms with Gasteiger partial charge in [-0.15, -0.1) is 11.3 Å². The number of thiophene rings is 1. The molecule has 35 heavy (non-hydrogen) atoms. The first-order valence-electron chi connectivity index (χ1n) is 11.0. The molecule has 0 fully saturated rings. The van der Waals surface area contributed by atoms with Gasteiger partial charge in [-0.05, 0) is 42.1 Å². The van der Waals surface area contributed by atoms with Crippen LogP contribution in [0.4, 0.5) is 0 Å². The van der Waals surface area contributed by atoms with Crippen molar-refractivity contribution in [2.75, 3.05) is 27.9 Å².